The summed E-state index contributed by atoms with van der Waals surface area (Å²) in [5, 5.41) is 3.28. The normalized spacial score (nSPS) is 15.2. The van der Waals surface area contributed by atoms with Crippen molar-refractivity contribution in [1.82, 2.24) is 10.1 Å². The van der Waals surface area contributed by atoms with E-state index >= 15 is 0 Å². The Labute approximate surface area is 109 Å². The molecule has 0 radical (unpaired) electrons. The van der Waals surface area contributed by atoms with Gasteiger partial charge in [-0.2, -0.15) is 18.2 Å². The molecule has 0 bridgehead atoms. The number of hydrogen-bond acceptors (Lipinski definition) is 4. The molecule has 1 unspecified atom stereocenters. The van der Waals surface area contributed by atoms with Gasteiger partial charge >= 0.3 is 6.18 Å². The van der Waals surface area contributed by atoms with Crippen molar-refractivity contribution < 1.29 is 26.5 Å². The topological polar surface area (TPSA) is 64.9 Å². The van der Waals surface area contributed by atoms with Crippen molar-refractivity contribution in [3.63, 3.8) is 0 Å². The minimum absolute atomic E-state index is 0.0307. The minimum Gasteiger partial charge on any atom is -0.337 e. The fourth-order valence-corrected chi connectivity index (χ4v) is 1.31. The molecule has 1 heterocycles. The number of aromatic nitrogens is 2. The molecular weight excluding hydrogens is 285 g/mol. The van der Waals surface area contributed by atoms with Crippen LogP contribution in [-0.4, -0.2) is 16.3 Å². The zero-order valence-corrected chi connectivity index (χ0v) is 10.0. The van der Waals surface area contributed by atoms with Crippen LogP contribution < -0.4 is 5.73 Å². The van der Waals surface area contributed by atoms with Gasteiger partial charge in [-0.1, -0.05) is 5.16 Å². The Bertz CT molecular complexity index is 635. The Hall–Kier alpha value is -2.03. The molecule has 0 aliphatic rings. The van der Waals surface area contributed by atoms with Crippen LogP contribution in [0.3, 0.4) is 0 Å². The van der Waals surface area contributed by atoms with E-state index in [2.05, 4.69) is 14.7 Å². The number of benzene rings is 1. The Morgan fingerprint density at radius 1 is 1.15 bits per heavy atom. The Morgan fingerprint density at radius 2 is 1.80 bits per heavy atom. The molecule has 0 spiro atoms. The third-order valence-corrected chi connectivity index (χ3v) is 2.64. The molecule has 1 atom stereocenters. The summed E-state index contributed by atoms with van der Waals surface area (Å²) >= 11 is 0. The lowest BCUT2D eigenvalue weighted by atomic mass is 10.0. The zero-order chi connectivity index (χ0) is 15.1. The first kappa shape index (κ1) is 14.4. The van der Waals surface area contributed by atoms with E-state index in [-0.39, 0.29) is 11.4 Å². The van der Waals surface area contributed by atoms with Crippen LogP contribution in [-0.2, 0) is 5.54 Å². The summed E-state index contributed by atoms with van der Waals surface area (Å²) in [4.78, 5) is 3.48. The van der Waals surface area contributed by atoms with E-state index in [1.807, 2.05) is 0 Å². The monoisotopic (exact) mass is 293 g/mol. The van der Waals surface area contributed by atoms with E-state index in [0.717, 1.165) is 18.2 Å². The first-order chi connectivity index (χ1) is 9.13. The predicted molar refractivity (Wildman–Crippen MR) is 57.2 cm³/mol. The standard InChI is InChI=1S/C11H8F5N3O/c1-10(17,11(14,15)16)9-18-8(19-20-9)5-2-3-6(12)7(13)4-5/h2-4H,17H2,1H3. The van der Waals surface area contributed by atoms with Crippen molar-refractivity contribution in [2.45, 2.75) is 18.6 Å². The van der Waals surface area contributed by atoms with Crippen LogP contribution in [0.4, 0.5) is 22.0 Å². The highest BCUT2D eigenvalue weighted by atomic mass is 19.4. The number of nitrogens with zero attached hydrogens (tertiary/aromatic N) is 2. The third-order valence-electron chi connectivity index (χ3n) is 2.64. The average Bonchev–Trinajstić information content (AvgIpc) is 2.81. The number of hydrogen-bond donors (Lipinski definition) is 1. The van der Waals surface area contributed by atoms with Crippen molar-refractivity contribution in [1.29, 1.82) is 0 Å². The molecular formula is C11H8F5N3O. The van der Waals surface area contributed by atoms with Gasteiger partial charge in [0.05, 0.1) is 0 Å². The molecule has 9 heteroatoms. The summed E-state index contributed by atoms with van der Waals surface area (Å²) < 4.78 is 68.3. The van der Waals surface area contributed by atoms with Crippen LogP contribution in [0, 0.1) is 11.6 Å². The van der Waals surface area contributed by atoms with Gasteiger partial charge in [-0.3, -0.25) is 0 Å². The largest absolute Gasteiger partial charge is 0.415 e. The molecule has 0 saturated carbocycles. The molecule has 1 aromatic heterocycles. The molecule has 2 N–H and O–H groups in total. The first-order valence-corrected chi connectivity index (χ1v) is 5.28. The summed E-state index contributed by atoms with van der Waals surface area (Å²) in [6.07, 6.45) is -4.80. The number of nitrogens with two attached hydrogens (primary N) is 1. The number of halogens is 5. The second kappa shape index (κ2) is 4.51. The maximum Gasteiger partial charge on any atom is 0.415 e. The second-order valence-electron chi connectivity index (χ2n) is 4.25. The molecule has 0 amide bonds. The van der Waals surface area contributed by atoms with Crippen molar-refractivity contribution in [2.24, 2.45) is 5.73 Å². The second-order valence-corrected chi connectivity index (χ2v) is 4.25. The summed E-state index contributed by atoms with van der Waals surface area (Å²) in [5.41, 5.74) is 2.24. The fourth-order valence-electron chi connectivity index (χ4n) is 1.31. The van der Waals surface area contributed by atoms with Gasteiger partial charge in [0.2, 0.25) is 5.82 Å². The van der Waals surface area contributed by atoms with Gasteiger partial charge in [-0.15, -0.1) is 0 Å². The predicted octanol–water partition coefficient (Wildman–Crippen LogP) is 2.75. The molecule has 2 rings (SSSR count). The van der Waals surface area contributed by atoms with Crippen molar-refractivity contribution in [3.8, 4) is 11.4 Å². The summed E-state index contributed by atoms with van der Waals surface area (Å²) in [6, 6.07) is 2.64. The molecule has 0 fully saturated rings. The van der Waals surface area contributed by atoms with Crippen LogP contribution in [0.5, 0.6) is 0 Å². The maximum absolute atomic E-state index is 13.0. The van der Waals surface area contributed by atoms with Gasteiger partial charge in [0.15, 0.2) is 17.2 Å². The molecule has 4 nitrogen and oxygen atoms in total. The number of alkyl halides is 3. The molecule has 20 heavy (non-hydrogen) atoms. The summed E-state index contributed by atoms with van der Waals surface area (Å²) in [6.45, 7) is 0.662. The smallest absolute Gasteiger partial charge is 0.337 e. The SMILES string of the molecule is CC(N)(c1nc(-c2ccc(F)c(F)c2)no1)C(F)(F)F. The van der Waals surface area contributed by atoms with E-state index in [9.17, 15) is 22.0 Å². The molecule has 1 aromatic carbocycles. The lowest BCUT2D eigenvalue weighted by molar-refractivity contribution is -0.190. The lowest BCUT2D eigenvalue weighted by Gasteiger charge is -2.22. The van der Waals surface area contributed by atoms with E-state index in [1.54, 1.807) is 0 Å². The zero-order valence-electron chi connectivity index (χ0n) is 10.0. The first-order valence-electron chi connectivity index (χ1n) is 5.28. The van der Waals surface area contributed by atoms with Crippen molar-refractivity contribution >= 4 is 0 Å². The lowest BCUT2D eigenvalue weighted by Crippen LogP contribution is -2.47. The quantitative estimate of drug-likeness (QED) is 0.865. The van der Waals surface area contributed by atoms with Crippen molar-refractivity contribution in [2.75, 3.05) is 0 Å². The summed E-state index contributed by atoms with van der Waals surface area (Å²) in [5.74, 6) is -3.47. The molecule has 0 aliphatic heterocycles. The van der Waals surface area contributed by atoms with Crippen molar-refractivity contribution in [3.05, 3.63) is 35.7 Å². The fraction of sp³-hybridized carbons (Fsp3) is 0.273. The minimum atomic E-state index is -4.80. The molecule has 2 aromatic rings. The van der Waals surface area contributed by atoms with Crippen LogP contribution in [0.25, 0.3) is 11.4 Å². The Kier molecular flexibility index (Phi) is 3.24. The van der Waals surface area contributed by atoms with Gasteiger partial charge < -0.3 is 10.3 Å². The van der Waals surface area contributed by atoms with E-state index in [1.165, 1.54) is 0 Å². The van der Waals surface area contributed by atoms with Gasteiger partial charge in [-0.05, 0) is 25.1 Å². The highest BCUT2D eigenvalue weighted by Gasteiger charge is 2.53. The maximum atomic E-state index is 13.0. The van der Waals surface area contributed by atoms with Gasteiger partial charge in [0.25, 0.3) is 5.89 Å². The highest BCUT2D eigenvalue weighted by Crippen LogP contribution is 2.36. The Balaban J connectivity index is 2.41. The van der Waals surface area contributed by atoms with Crippen LogP contribution in [0.1, 0.15) is 12.8 Å². The summed E-state index contributed by atoms with van der Waals surface area (Å²) in [7, 11) is 0. The third kappa shape index (κ3) is 2.36. The Morgan fingerprint density at radius 3 is 2.35 bits per heavy atom. The van der Waals surface area contributed by atoms with Crippen LogP contribution in [0.15, 0.2) is 22.7 Å². The van der Waals surface area contributed by atoms with E-state index in [0.29, 0.717) is 6.92 Å². The van der Waals surface area contributed by atoms with Gasteiger partial charge in [0.1, 0.15) is 0 Å². The molecule has 0 saturated heterocycles. The van der Waals surface area contributed by atoms with Gasteiger partial charge in [0, 0.05) is 5.56 Å². The van der Waals surface area contributed by atoms with E-state index in [4.69, 9.17) is 5.73 Å². The van der Waals surface area contributed by atoms with Gasteiger partial charge in [-0.25, -0.2) is 8.78 Å². The molecule has 0 aliphatic carbocycles. The van der Waals surface area contributed by atoms with Crippen LogP contribution in [0.2, 0.25) is 0 Å². The van der Waals surface area contributed by atoms with E-state index < -0.39 is 29.2 Å². The van der Waals surface area contributed by atoms with Crippen LogP contribution >= 0.6 is 0 Å². The highest BCUT2D eigenvalue weighted by molar-refractivity contribution is 5.54. The average molecular weight is 293 g/mol. The number of rotatable bonds is 2. The molecule has 108 valence electrons.